The minimum atomic E-state index is -0.0757. The lowest BCUT2D eigenvalue weighted by Crippen LogP contribution is -2.24. The number of thiazole rings is 1. The van der Waals surface area contributed by atoms with E-state index in [1.54, 1.807) is 30.7 Å². The van der Waals surface area contributed by atoms with Gasteiger partial charge in [-0.3, -0.25) is 9.78 Å². The molecule has 0 aliphatic heterocycles. The van der Waals surface area contributed by atoms with Crippen molar-refractivity contribution in [3.63, 3.8) is 0 Å². The van der Waals surface area contributed by atoms with Crippen LogP contribution in [0.15, 0.2) is 48.2 Å². The van der Waals surface area contributed by atoms with Crippen LogP contribution in [0.4, 0.5) is 10.9 Å². The summed E-state index contributed by atoms with van der Waals surface area (Å²) in [7, 11) is 0. The second kappa shape index (κ2) is 7.85. The van der Waals surface area contributed by atoms with E-state index >= 15 is 0 Å². The van der Waals surface area contributed by atoms with E-state index < -0.39 is 0 Å². The van der Waals surface area contributed by atoms with Crippen LogP contribution in [0.2, 0.25) is 5.02 Å². The fourth-order valence-electron chi connectivity index (χ4n) is 1.93. The Bertz CT molecular complexity index is 807. The summed E-state index contributed by atoms with van der Waals surface area (Å²) in [5.41, 5.74) is 1.72. The average Bonchev–Trinajstić information content (AvgIpc) is 3.03. The molecule has 0 fully saturated rings. The molecule has 0 aliphatic carbocycles. The lowest BCUT2D eigenvalue weighted by Gasteiger charge is -2.04. The zero-order valence-electron chi connectivity index (χ0n) is 12.6. The van der Waals surface area contributed by atoms with Gasteiger partial charge in [0.2, 0.25) is 5.91 Å². The van der Waals surface area contributed by atoms with Crippen molar-refractivity contribution in [2.45, 2.75) is 13.0 Å². The Morgan fingerprint density at radius 3 is 2.79 bits per heavy atom. The summed E-state index contributed by atoms with van der Waals surface area (Å²) in [6.45, 7) is 0.477. The Balaban J connectivity index is 1.51. The van der Waals surface area contributed by atoms with Crippen molar-refractivity contribution in [3.05, 3.63) is 64.5 Å². The Labute approximate surface area is 148 Å². The first-order valence-corrected chi connectivity index (χ1v) is 8.43. The highest BCUT2D eigenvalue weighted by atomic mass is 35.5. The van der Waals surface area contributed by atoms with Crippen molar-refractivity contribution < 1.29 is 4.79 Å². The molecule has 0 atom stereocenters. The van der Waals surface area contributed by atoms with Crippen LogP contribution < -0.4 is 10.6 Å². The second-order valence-electron chi connectivity index (χ2n) is 4.94. The molecule has 8 heteroatoms. The van der Waals surface area contributed by atoms with Crippen LogP contribution >= 0.6 is 22.9 Å². The van der Waals surface area contributed by atoms with Crippen LogP contribution in [0.5, 0.6) is 0 Å². The van der Waals surface area contributed by atoms with Crippen molar-refractivity contribution in [3.8, 4) is 0 Å². The molecule has 24 heavy (non-hydrogen) atoms. The molecule has 1 amide bonds. The van der Waals surface area contributed by atoms with Crippen LogP contribution in [-0.4, -0.2) is 20.9 Å². The number of nitrogens with one attached hydrogen (secondary N) is 2. The van der Waals surface area contributed by atoms with E-state index in [0.29, 0.717) is 28.2 Å². The fraction of sp³-hybridized carbons (Fsp3) is 0.125. The summed E-state index contributed by atoms with van der Waals surface area (Å²) in [6.07, 6.45) is 5.19. The standard InChI is InChI=1S/C16H14ClN5OS/c17-12-1-2-14(19-9-12)22-16-21-13(10-24-16)7-15(23)20-8-11-3-5-18-6-4-11/h1-6,9-10H,7-8H2,(H,20,23)(H,19,21,22). The van der Waals surface area contributed by atoms with Crippen LogP contribution in [0.1, 0.15) is 11.3 Å². The van der Waals surface area contributed by atoms with E-state index in [1.165, 1.54) is 11.3 Å². The number of anilines is 2. The summed E-state index contributed by atoms with van der Waals surface area (Å²) in [5.74, 6) is 0.579. The molecule has 0 bridgehead atoms. The number of carbonyl (C=O) groups is 1. The first kappa shape index (κ1) is 16.4. The summed E-state index contributed by atoms with van der Waals surface area (Å²) in [5, 5.41) is 9.05. The molecule has 3 aromatic rings. The van der Waals surface area contributed by atoms with Crippen molar-refractivity contribution in [2.75, 3.05) is 5.32 Å². The summed E-state index contributed by atoms with van der Waals surface area (Å²) >= 11 is 7.22. The van der Waals surface area contributed by atoms with E-state index in [2.05, 4.69) is 25.6 Å². The topological polar surface area (TPSA) is 79.8 Å². The van der Waals surface area contributed by atoms with Gasteiger partial charge in [0.25, 0.3) is 0 Å². The van der Waals surface area contributed by atoms with Gasteiger partial charge in [0.1, 0.15) is 5.82 Å². The summed E-state index contributed by atoms with van der Waals surface area (Å²) < 4.78 is 0. The van der Waals surface area contributed by atoms with Crippen LogP contribution in [0.25, 0.3) is 0 Å². The predicted octanol–water partition coefficient (Wildman–Crippen LogP) is 3.19. The van der Waals surface area contributed by atoms with Crippen molar-refractivity contribution in [1.29, 1.82) is 0 Å². The minimum Gasteiger partial charge on any atom is -0.352 e. The molecule has 3 heterocycles. The van der Waals surface area contributed by atoms with Gasteiger partial charge in [-0.1, -0.05) is 11.6 Å². The molecule has 0 unspecified atom stereocenters. The molecule has 3 aromatic heterocycles. The van der Waals surface area contributed by atoms with Gasteiger partial charge >= 0.3 is 0 Å². The molecule has 2 N–H and O–H groups in total. The van der Waals surface area contributed by atoms with Gasteiger partial charge in [-0.15, -0.1) is 11.3 Å². The van der Waals surface area contributed by atoms with E-state index in [9.17, 15) is 4.79 Å². The monoisotopic (exact) mass is 359 g/mol. The molecule has 0 spiro atoms. The normalized spacial score (nSPS) is 10.4. The van der Waals surface area contributed by atoms with Gasteiger partial charge in [0.05, 0.1) is 17.1 Å². The molecule has 3 rings (SSSR count). The number of hydrogen-bond acceptors (Lipinski definition) is 6. The number of nitrogens with zero attached hydrogens (tertiary/aromatic N) is 3. The molecule has 6 nitrogen and oxygen atoms in total. The first-order chi connectivity index (χ1) is 11.7. The van der Waals surface area contributed by atoms with E-state index in [1.807, 2.05) is 17.5 Å². The number of pyridine rings is 2. The lowest BCUT2D eigenvalue weighted by molar-refractivity contribution is -0.120. The zero-order chi connectivity index (χ0) is 16.8. The smallest absolute Gasteiger partial charge is 0.226 e. The van der Waals surface area contributed by atoms with Gasteiger partial charge in [0.15, 0.2) is 5.13 Å². The Kier molecular flexibility index (Phi) is 5.35. The Hall–Kier alpha value is -2.51. The number of carbonyl (C=O) groups excluding carboxylic acids is 1. The number of amides is 1. The molecule has 0 aliphatic rings. The van der Waals surface area contributed by atoms with Gasteiger partial charge in [-0.2, -0.15) is 0 Å². The SMILES string of the molecule is O=C(Cc1csc(Nc2ccc(Cl)cn2)n1)NCc1ccncc1. The van der Waals surface area contributed by atoms with E-state index in [4.69, 9.17) is 11.6 Å². The Morgan fingerprint density at radius 2 is 2.04 bits per heavy atom. The highest BCUT2D eigenvalue weighted by molar-refractivity contribution is 7.13. The lowest BCUT2D eigenvalue weighted by atomic mass is 10.2. The summed E-state index contributed by atoms with van der Waals surface area (Å²) in [4.78, 5) is 24.5. The van der Waals surface area contributed by atoms with Crippen molar-refractivity contribution in [2.24, 2.45) is 0 Å². The first-order valence-electron chi connectivity index (χ1n) is 7.17. The van der Waals surface area contributed by atoms with Gasteiger partial charge in [0, 0.05) is 30.5 Å². The van der Waals surface area contributed by atoms with Gasteiger partial charge in [-0.25, -0.2) is 9.97 Å². The van der Waals surface area contributed by atoms with Gasteiger partial charge < -0.3 is 10.6 Å². The maximum atomic E-state index is 12.0. The minimum absolute atomic E-state index is 0.0757. The fourth-order valence-corrected chi connectivity index (χ4v) is 2.76. The van der Waals surface area contributed by atoms with E-state index in [0.717, 1.165) is 5.56 Å². The molecule has 0 saturated carbocycles. The molecular weight excluding hydrogens is 346 g/mol. The predicted molar refractivity (Wildman–Crippen MR) is 94.4 cm³/mol. The Morgan fingerprint density at radius 1 is 1.21 bits per heavy atom. The number of rotatable bonds is 6. The third-order valence-electron chi connectivity index (χ3n) is 3.09. The maximum absolute atomic E-state index is 12.0. The number of halogens is 1. The van der Waals surface area contributed by atoms with Crippen LogP contribution in [-0.2, 0) is 17.8 Å². The van der Waals surface area contributed by atoms with Crippen LogP contribution in [0, 0.1) is 0 Å². The second-order valence-corrected chi connectivity index (χ2v) is 6.23. The number of aromatic nitrogens is 3. The molecule has 0 aromatic carbocycles. The molecule has 0 radical (unpaired) electrons. The highest BCUT2D eigenvalue weighted by Gasteiger charge is 2.08. The van der Waals surface area contributed by atoms with Crippen molar-refractivity contribution >= 4 is 39.8 Å². The largest absolute Gasteiger partial charge is 0.352 e. The van der Waals surface area contributed by atoms with Crippen molar-refractivity contribution in [1.82, 2.24) is 20.3 Å². The molecular formula is C16H14ClN5OS. The molecule has 122 valence electrons. The maximum Gasteiger partial charge on any atom is 0.226 e. The third kappa shape index (κ3) is 4.74. The molecule has 0 saturated heterocycles. The van der Waals surface area contributed by atoms with E-state index in [-0.39, 0.29) is 12.3 Å². The van der Waals surface area contributed by atoms with Crippen LogP contribution in [0.3, 0.4) is 0 Å². The quantitative estimate of drug-likeness (QED) is 0.706. The third-order valence-corrected chi connectivity index (χ3v) is 4.12. The zero-order valence-corrected chi connectivity index (χ0v) is 14.1. The highest BCUT2D eigenvalue weighted by Crippen LogP contribution is 2.20. The number of hydrogen-bond donors (Lipinski definition) is 2. The summed E-state index contributed by atoms with van der Waals surface area (Å²) in [6, 6.07) is 7.25. The van der Waals surface area contributed by atoms with Gasteiger partial charge in [-0.05, 0) is 29.8 Å². The average molecular weight is 360 g/mol.